The van der Waals surface area contributed by atoms with Crippen molar-refractivity contribution < 1.29 is 9.59 Å². The zero-order chi connectivity index (χ0) is 14.8. The molecule has 0 radical (unpaired) electrons. The lowest BCUT2D eigenvalue weighted by Gasteiger charge is -2.16. The van der Waals surface area contributed by atoms with E-state index in [9.17, 15) is 9.59 Å². The maximum atomic E-state index is 12.1. The second kappa shape index (κ2) is 5.79. The van der Waals surface area contributed by atoms with Crippen molar-refractivity contribution in [1.29, 1.82) is 0 Å². The first-order chi connectivity index (χ1) is 10.1. The molecule has 6 nitrogen and oxygen atoms in total. The molecule has 0 saturated carbocycles. The predicted molar refractivity (Wildman–Crippen MR) is 80.5 cm³/mol. The highest BCUT2D eigenvalue weighted by Gasteiger charge is 2.35. The van der Waals surface area contributed by atoms with E-state index in [4.69, 9.17) is 11.6 Å². The van der Waals surface area contributed by atoms with E-state index in [0.29, 0.717) is 22.4 Å². The molecule has 1 aliphatic heterocycles. The van der Waals surface area contributed by atoms with Crippen molar-refractivity contribution in [2.75, 3.05) is 16.8 Å². The average molecular weight is 323 g/mol. The monoisotopic (exact) mass is 322 g/mol. The number of anilines is 2. The van der Waals surface area contributed by atoms with Crippen LogP contribution in [0.15, 0.2) is 29.8 Å². The van der Waals surface area contributed by atoms with Crippen LogP contribution in [-0.4, -0.2) is 28.6 Å². The molecule has 0 aliphatic carbocycles. The van der Waals surface area contributed by atoms with Gasteiger partial charge in [0.25, 0.3) is 0 Å². The van der Waals surface area contributed by atoms with E-state index in [0.717, 1.165) is 0 Å². The van der Waals surface area contributed by atoms with Gasteiger partial charge in [0, 0.05) is 23.7 Å². The second-order valence-electron chi connectivity index (χ2n) is 4.62. The lowest BCUT2D eigenvalue weighted by atomic mass is 10.1. The number of hydrogen-bond donors (Lipinski definition) is 1. The summed E-state index contributed by atoms with van der Waals surface area (Å²) in [6.45, 7) is 0.337. The molecule has 0 spiro atoms. The average Bonchev–Trinajstić information content (AvgIpc) is 3.08. The van der Waals surface area contributed by atoms with Crippen molar-refractivity contribution in [2.24, 2.45) is 5.92 Å². The van der Waals surface area contributed by atoms with Crippen molar-refractivity contribution in [2.45, 2.75) is 6.42 Å². The zero-order valence-corrected chi connectivity index (χ0v) is 12.4. The molecule has 2 amide bonds. The van der Waals surface area contributed by atoms with E-state index < -0.39 is 5.92 Å². The van der Waals surface area contributed by atoms with Crippen molar-refractivity contribution in [3.8, 4) is 0 Å². The number of benzene rings is 1. The molecular formula is C13H11ClN4O2S. The molecule has 1 N–H and O–H groups in total. The van der Waals surface area contributed by atoms with Gasteiger partial charge in [-0.1, -0.05) is 29.0 Å². The Morgan fingerprint density at radius 2 is 2.33 bits per heavy atom. The number of hydrogen-bond acceptors (Lipinski definition) is 5. The Morgan fingerprint density at radius 1 is 1.48 bits per heavy atom. The van der Waals surface area contributed by atoms with Crippen LogP contribution in [0.1, 0.15) is 6.42 Å². The minimum atomic E-state index is -0.402. The Bertz CT molecular complexity index is 677. The zero-order valence-electron chi connectivity index (χ0n) is 10.8. The molecule has 2 aromatic rings. The van der Waals surface area contributed by atoms with Gasteiger partial charge in [0.1, 0.15) is 5.51 Å². The van der Waals surface area contributed by atoms with E-state index in [-0.39, 0.29) is 18.2 Å². The predicted octanol–water partition coefficient (Wildman–Crippen LogP) is 2.18. The second-order valence-corrected chi connectivity index (χ2v) is 5.89. The Kier molecular flexibility index (Phi) is 3.85. The summed E-state index contributed by atoms with van der Waals surface area (Å²) in [5.74, 6) is -0.709. The SMILES string of the molecule is O=C(Nc1nncs1)[C@H]1CC(=O)N(c2cccc(Cl)c2)C1. The summed E-state index contributed by atoms with van der Waals surface area (Å²) in [4.78, 5) is 25.8. The number of nitrogens with one attached hydrogen (secondary N) is 1. The third kappa shape index (κ3) is 3.03. The van der Waals surface area contributed by atoms with Gasteiger partial charge in [-0.05, 0) is 18.2 Å². The van der Waals surface area contributed by atoms with Crippen LogP contribution >= 0.6 is 22.9 Å². The van der Waals surface area contributed by atoms with Crippen LogP contribution in [-0.2, 0) is 9.59 Å². The molecular weight excluding hydrogens is 312 g/mol. The third-order valence-corrected chi connectivity index (χ3v) is 4.05. The summed E-state index contributed by atoms with van der Waals surface area (Å²) in [6, 6.07) is 7.03. The van der Waals surface area contributed by atoms with Gasteiger partial charge in [0.2, 0.25) is 16.9 Å². The molecule has 1 aromatic heterocycles. The molecule has 108 valence electrons. The summed E-state index contributed by atoms with van der Waals surface area (Å²) >= 11 is 7.17. The Labute approximate surface area is 129 Å². The highest BCUT2D eigenvalue weighted by atomic mass is 35.5. The Morgan fingerprint density at radius 3 is 3.05 bits per heavy atom. The fourth-order valence-corrected chi connectivity index (χ4v) is 2.84. The molecule has 1 aromatic carbocycles. The summed E-state index contributed by atoms with van der Waals surface area (Å²) in [7, 11) is 0. The minimum absolute atomic E-state index is 0.0883. The maximum Gasteiger partial charge on any atom is 0.231 e. The normalized spacial score (nSPS) is 18.0. The molecule has 8 heteroatoms. The van der Waals surface area contributed by atoms with E-state index in [1.54, 1.807) is 29.2 Å². The molecule has 2 heterocycles. The molecule has 0 bridgehead atoms. The largest absolute Gasteiger partial charge is 0.312 e. The van der Waals surface area contributed by atoms with E-state index in [2.05, 4.69) is 15.5 Å². The van der Waals surface area contributed by atoms with Crippen LogP contribution in [0.25, 0.3) is 0 Å². The fraction of sp³-hybridized carbons (Fsp3) is 0.231. The lowest BCUT2D eigenvalue weighted by Crippen LogP contribution is -2.28. The minimum Gasteiger partial charge on any atom is -0.312 e. The maximum absolute atomic E-state index is 12.1. The quantitative estimate of drug-likeness (QED) is 0.939. The van der Waals surface area contributed by atoms with E-state index in [1.165, 1.54) is 16.8 Å². The number of nitrogens with zero attached hydrogens (tertiary/aromatic N) is 3. The van der Waals surface area contributed by atoms with Crippen molar-refractivity contribution in [3.63, 3.8) is 0 Å². The van der Waals surface area contributed by atoms with Crippen molar-refractivity contribution in [1.82, 2.24) is 10.2 Å². The summed E-state index contributed by atoms with van der Waals surface area (Å²) in [5, 5.41) is 11.1. The molecule has 0 unspecified atom stereocenters. The first-order valence-electron chi connectivity index (χ1n) is 6.26. The van der Waals surface area contributed by atoms with Gasteiger partial charge in [-0.25, -0.2) is 0 Å². The van der Waals surface area contributed by atoms with Gasteiger partial charge < -0.3 is 10.2 Å². The Hall–Kier alpha value is -1.99. The van der Waals surface area contributed by atoms with Gasteiger partial charge in [-0.2, -0.15) is 0 Å². The molecule has 1 saturated heterocycles. The lowest BCUT2D eigenvalue weighted by molar-refractivity contribution is -0.122. The standard InChI is InChI=1S/C13H11ClN4O2S/c14-9-2-1-3-10(5-9)18-6-8(4-11(18)19)12(20)16-13-17-15-7-21-13/h1-3,5,7-8H,4,6H2,(H,16,17,20)/t8-/m0/s1. The molecule has 21 heavy (non-hydrogen) atoms. The topological polar surface area (TPSA) is 75.2 Å². The fourth-order valence-electron chi connectivity index (χ4n) is 2.21. The molecule has 3 rings (SSSR count). The number of aromatic nitrogens is 2. The van der Waals surface area contributed by atoms with Gasteiger partial charge in [-0.3, -0.25) is 9.59 Å². The van der Waals surface area contributed by atoms with Gasteiger partial charge in [0.05, 0.1) is 5.92 Å². The van der Waals surface area contributed by atoms with E-state index >= 15 is 0 Å². The van der Waals surface area contributed by atoms with Crippen LogP contribution < -0.4 is 10.2 Å². The smallest absolute Gasteiger partial charge is 0.231 e. The number of halogens is 1. The van der Waals surface area contributed by atoms with E-state index in [1.807, 2.05) is 0 Å². The number of amides is 2. The van der Waals surface area contributed by atoms with Crippen LogP contribution in [0, 0.1) is 5.92 Å². The summed E-state index contributed by atoms with van der Waals surface area (Å²) in [6.07, 6.45) is 0.178. The van der Waals surface area contributed by atoms with Crippen molar-refractivity contribution >= 4 is 45.6 Å². The molecule has 1 aliphatic rings. The van der Waals surface area contributed by atoms with Gasteiger partial charge in [-0.15, -0.1) is 10.2 Å². The third-order valence-electron chi connectivity index (χ3n) is 3.21. The van der Waals surface area contributed by atoms with Gasteiger partial charge in [0.15, 0.2) is 0 Å². The highest BCUT2D eigenvalue weighted by Crippen LogP contribution is 2.27. The van der Waals surface area contributed by atoms with Crippen LogP contribution in [0.5, 0.6) is 0 Å². The van der Waals surface area contributed by atoms with Crippen LogP contribution in [0.3, 0.4) is 0 Å². The van der Waals surface area contributed by atoms with Crippen LogP contribution in [0.2, 0.25) is 5.02 Å². The van der Waals surface area contributed by atoms with Crippen molar-refractivity contribution in [3.05, 3.63) is 34.8 Å². The number of rotatable bonds is 3. The molecule has 1 atom stereocenters. The molecule has 1 fully saturated rings. The van der Waals surface area contributed by atoms with Gasteiger partial charge >= 0.3 is 0 Å². The first kappa shape index (κ1) is 14.0. The highest BCUT2D eigenvalue weighted by molar-refractivity contribution is 7.13. The number of carbonyl (C=O) groups excluding carboxylic acids is 2. The summed E-state index contributed by atoms with van der Waals surface area (Å²) in [5.41, 5.74) is 2.24. The first-order valence-corrected chi connectivity index (χ1v) is 7.52. The Balaban J connectivity index is 1.71. The number of carbonyl (C=O) groups is 2. The van der Waals surface area contributed by atoms with Crippen LogP contribution in [0.4, 0.5) is 10.8 Å². The summed E-state index contributed by atoms with van der Waals surface area (Å²) < 4.78 is 0.